The van der Waals surface area contributed by atoms with E-state index in [1.54, 1.807) is 12.3 Å². The lowest BCUT2D eigenvalue weighted by Gasteiger charge is -2.24. The summed E-state index contributed by atoms with van der Waals surface area (Å²) in [7, 11) is 0. The molecule has 2 fully saturated rings. The van der Waals surface area contributed by atoms with Crippen molar-refractivity contribution in [1.29, 1.82) is 0 Å². The average Bonchev–Trinajstić information content (AvgIpc) is 3.32. The minimum atomic E-state index is -0.248. The molecule has 8 heteroatoms. The number of rotatable bonds is 5. The molecule has 5 rings (SSSR count). The van der Waals surface area contributed by atoms with Gasteiger partial charge in [0.05, 0.1) is 17.1 Å². The minimum Gasteiger partial charge on any atom is -0.376 e. The summed E-state index contributed by atoms with van der Waals surface area (Å²) >= 11 is 0. The number of amides is 1. The van der Waals surface area contributed by atoms with Crippen LogP contribution in [0.4, 0.5) is 5.82 Å². The molecule has 3 aromatic heterocycles. The van der Waals surface area contributed by atoms with Crippen molar-refractivity contribution < 1.29 is 9.53 Å². The van der Waals surface area contributed by atoms with Crippen LogP contribution in [0.15, 0.2) is 29.2 Å². The van der Waals surface area contributed by atoms with Gasteiger partial charge in [-0.15, -0.1) is 0 Å². The largest absolute Gasteiger partial charge is 0.376 e. The molecule has 1 saturated carbocycles. The lowest BCUT2D eigenvalue weighted by Crippen LogP contribution is -2.33. The molecule has 1 amide bonds. The molecule has 0 bridgehead atoms. The summed E-state index contributed by atoms with van der Waals surface area (Å²) in [6, 6.07) is 5.64. The SMILES string of the molecule is Cc1ccc2nc3nc(NC4CCCCC4)c(C(=O)NC[C@H]4CCCO4)cc3c(=O)n2c1. The van der Waals surface area contributed by atoms with Crippen molar-refractivity contribution in [3.63, 3.8) is 0 Å². The first-order chi connectivity index (χ1) is 15.6. The monoisotopic (exact) mass is 435 g/mol. The molecule has 0 spiro atoms. The maximum Gasteiger partial charge on any atom is 0.267 e. The van der Waals surface area contributed by atoms with Crippen LogP contribution in [0, 0.1) is 6.92 Å². The summed E-state index contributed by atoms with van der Waals surface area (Å²) in [6.07, 6.45) is 9.42. The number of hydrogen-bond acceptors (Lipinski definition) is 6. The average molecular weight is 436 g/mol. The van der Waals surface area contributed by atoms with E-state index in [1.165, 1.54) is 10.8 Å². The zero-order chi connectivity index (χ0) is 22.1. The topological polar surface area (TPSA) is 97.6 Å². The molecule has 8 nitrogen and oxygen atoms in total. The van der Waals surface area contributed by atoms with Crippen LogP contribution in [0.3, 0.4) is 0 Å². The number of anilines is 1. The Morgan fingerprint density at radius 2 is 2.00 bits per heavy atom. The van der Waals surface area contributed by atoms with Gasteiger partial charge in [-0.1, -0.05) is 25.3 Å². The molecule has 2 aliphatic rings. The van der Waals surface area contributed by atoms with Crippen molar-refractivity contribution >= 4 is 28.4 Å². The molecule has 0 aromatic carbocycles. The lowest BCUT2D eigenvalue weighted by atomic mass is 9.95. The number of fused-ring (bicyclic) bond motifs is 2. The molecule has 1 aliphatic carbocycles. The van der Waals surface area contributed by atoms with Crippen molar-refractivity contribution in [2.24, 2.45) is 0 Å². The van der Waals surface area contributed by atoms with Gasteiger partial charge < -0.3 is 15.4 Å². The van der Waals surface area contributed by atoms with Crippen LogP contribution in [0.2, 0.25) is 0 Å². The summed E-state index contributed by atoms with van der Waals surface area (Å²) in [5, 5.41) is 6.79. The highest BCUT2D eigenvalue weighted by Crippen LogP contribution is 2.25. The first-order valence-corrected chi connectivity index (χ1v) is 11.6. The number of carbonyl (C=O) groups excluding carboxylic acids is 1. The van der Waals surface area contributed by atoms with Crippen LogP contribution >= 0.6 is 0 Å². The van der Waals surface area contributed by atoms with Crippen molar-refractivity contribution in [3.05, 3.63) is 45.9 Å². The number of aromatic nitrogens is 3. The normalized spacial score (nSPS) is 19.5. The highest BCUT2D eigenvalue weighted by molar-refractivity contribution is 6.02. The summed E-state index contributed by atoms with van der Waals surface area (Å²) in [5.41, 5.74) is 2.01. The van der Waals surface area contributed by atoms with Crippen LogP contribution in [0.5, 0.6) is 0 Å². The van der Waals surface area contributed by atoms with Crippen molar-refractivity contribution in [2.75, 3.05) is 18.5 Å². The first-order valence-electron chi connectivity index (χ1n) is 11.6. The first kappa shape index (κ1) is 20.9. The fourth-order valence-corrected chi connectivity index (χ4v) is 4.67. The van der Waals surface area contributed by atoms with Crippen LogP contribution in [0.1, 0.15) is 60.9 Å². The van der Waals surface area contributed by atoms with Gasteiger partial charge in [-0.2, -0.15) is 0 Å². The fourth-order valence-electron chi connectivity index (χ4n) is 4.67. The third-order valence-electron chi connectivity index (χ3n) is 6.45. The second kappa shape index (κ2) is 8.86. The quantitative estimate of drug-likeness (QED) is 0.598. The Hall–Kier alpha value is -3.00. The van der Waals surface area contributed by atoms with Gasteiger partial charge >= 0.3 is 0 Å². The van der Waals surface area contributed by atoms with E-state index in [4.69, 9.17) is 4.74 Å². The Kier molecular flexibility index (Phi) is 5.78. The molecule has 1 saturated heterocycles. The molecule has 168 valence electrons. The summed E-state index contributed by atoms with van der Waals surface area (Å²) in [4.78, 5) is 35.6. The fraction of sp³-hybridized carbons (Fsp3) is 0.500. The molecular formula is C24H29N5O3. The molecule has 2 N–H and O–H groups in total. The second-order valence-corrected chi connectivity index (χ2v) is 8.93. The number of nitrogens with zero attached hydrogens (tertiary/aromatic N) is 3. The van der Waals surface area contributed by atoms with E-state index >= 15 is 0 Å². The van der Waals surface area contributed by atoms with Crippen molar-refractivity contribution in [1.82, 2.24) is 19.7 Å². The van der Waals surface area contributed by atoms with Crippen LogP contribution < -0.4 is 16.2 Å². The van der Waals surface area contributed by atoms with Gasteiger partial charge in [-0.3, -0.25) is 14.0 Å². The molecule has 4 heterocycles. The van der Waals surface area contributed by atoms with Crippen LogP contribution in [-0.4, -0.2) is 45.6 Å². The predicted octanol–water partition coefficient (Wildman–Crippen LogP) is 3.20. The number of hydrogen-bond donors (Lipinski definition) is 2. The Balaban J connectivity index is 1.56. The Labute approximate surface area is 186 Å². The predicted molar refractivity (Wildman–Crippen MR) is 123 cm³/mol. The van der Waals surface area contributed by atoms with Crippen molar-refractivity contribution in [3.8, 4) is 0 Å². The summed E-state index contributed by atoms with van der Waals surface area (Å²) < 4.78 is 7.15. The third-order valence-corrected chi connectivity index (χ3v) is 6.45. The Bertz CT molecular complexity index is 1210. The van der Waals surface area contributed by atoms with Gasteiger partial charge in [0.15, 0.2) is 5.65 Å². The van der Waals surface area contributed by atoms with E-state index in [2.05, 4.69) is 20.6 Å². The smallest absolute Gasteiger partial charge is 0.267 e. The molecule has 0 radical (unpaired) electrons. The van der Waals surface area contributed by atoms with E-state index < -0.39 is 0 Å². The van der Waals surface area contributed by atoms with Gasteiger partial charge in [0.25, 0.3) is 11.5 Å². The number of nitrogens with one attached hydrogen (secondary N) is 2. The number of carbonyl (C=O) groups is 1. The lowest BCUT2D eigenvalue weighted by molar-refractivity contribution is 0.0858. The van der Waals surface area contributed by atoms with Gasteiger partial charge in [-0.05, 0) is 50.3 Å². The molecular weight excluding hydrogens is 406 g/mol. The minimum absolute atomic E-state index is 0.0429. The maximum absolute atomic E-state index is 13.2. The molecule has 0 unspecified atom stereocenters. The third kappa shape index (κ3) is 4.19. The standard InChI is InChI=1S/C24H29N5O3/c1-15-9-10-20-27-22-19(24(31)29(20)14-15)12-18(23(30)25-13-17-8-5-11-32-17)21(28-22)26-16-6-3-2-4-7-16/h9-10,12,14,16-17H,2-8,11,13H2,1H3,(H,25,30)(H,26,28)/t17-/m1/s1. The van der Waals surface area contributed by atoms with Crippen molar-refractivity contribution in [2.45, 2.75) is 64.0 Å². The van der Waals surface area contributed by atoms with Gasteiger partial charge in [0.2, 0.25) is 0 Å². The Morgan fingerprint density at radius 3 is 2.78 bits per heavy atom. The van der Waals surface area contributed by atoms with E-state index in [1.807, 2.05) is 19.1 Å². The summed E-state index contributed by atoms with van der Waals surface area (Å²) in [6.45, 7) is 3.12. The summed E-state index contributed by atoms with van der Waals surface area (Å²) in [5.74, 6) is 0.250. The number of ether oxygens (including phenoxy) is 1. The zero-order valence-electron chi connectivity index (χ0n) is 18.4. The van der Waals surface area contributed by atoms with Gasteiger partial charge in [0, 0.05) is 25.4 Å². The van der Waals surface area contributed by atoms with E-state index in [9.17, 15) is 9.59 Å². The van der Waals surface area contributed by atoms with Crippen LogP contribution in [-0.2, 0) is 4.74 Å². The number of pyridine rings is 2. The van der Waals surface area contributed by atoms with E-state index in [0.29, 0.717) is 34.6 Å². The molecule has 1 atom stereocenters. The maximum atomic E-state index is 13.2. The van der Waals surface area contributed by atoms with E-state index in [-0.39, 0.29) is 23.6 Å². The zero-order valence-corrected chi connectivity index (χ0v) is 18.4. The van der Waals surface area contributed by atoms with Crippen LogP contribution in [0.25, 0.3) is 16.7 Å². The Morgan fingerprint density at radius 1 is 1.16 bits per heavy atom. The second-order valence-electron chi connectivity index (χ2n) is 8.93. The van der Waals surface area contributed by atoms with Gasteiger partial charge in [0.1, 0.15) is 11.5 Å². The number of aryl methyl sites for hydroxylation is 1. The highest BCUT2D eigenvalue weighted by atomic mass is 16.5. The van der Waals surface area contributed by atoms with E-state index in [0.717, 1.165) is 50.7 Å². The molecule has 32 heavy (non-hydrogen) atoms. The molecule has 3 aromatic rings. The highest BCUT2D eigenvalue weighted by Gasteiger charge is 2.23. The molecule has 1 aliphatic heterocycles. The van der Waals surface area contributed by atoms with Gasteiger partial charge in [-0.25, -0.2) is 9.97 Å².